The first-order chi connectivity index (χ1) is 19.5. The second-order valence-corrected chi connectivity index (χ2v) is 10.5. The van der Waals surface area contributed by atoms with Crippen LogP contribution in [-0.2, 0) is 11.2 Å². The van der Waals surface area contributed by atoms with Crippen LogP contribution >= 0.6 is 23.2 Å². The van der Waals surface area contributed by atoms with E-state index in [1.165, 1.54) is 12.7 Å². The van der Waals surface area contributed by atoms with Crippen molar-refractivity contribution >= 4 is 40.8 Å². The molecule has 40 heavy (non-hydrogen) atoms. The van der Waals surface area contributed by atoms with Gasteiger partial charge >= 0.3 is 5.97 Å². The lowest BCUT2D eigenvalue weighted by Crippen LogP contribution is -2.35. The Morgan fingerprint density at radius 1 is 0.975 bits per heavy atom. The minimum atomic E-state index is -0.394. The number of hydrogen-bond donors (Lipinski definition) is 0. The molecule has 8 heteroatoms. The summed E-state index contributed by atoms with van der Waals surface area (Å²) in [5.74, 6) is 0.863. The molecule has 0 N–H and O–H groups in total. The highest BCUT2D eigenvalue weighted by molar-refractivity contribution is 6.45. The maximum atomic E-state index is 12.2. The van der Waals surface area contributed by atoms with Gasteiger partial charge in [-0.2, -0.15) is 5.10 Å². The number of benzene rings is 3. The molecule has 0 saturated heterocycles. The molecule has 6 rings (SSSR count). The summed E-state index contributed by atoms with van der Waals surface area (Å²) in [6, 6.07) is 25.5. The largest absolute Gasteiger partial charge is 0.465 e. The van der Waals surface area contributed by atoms with Gasteiger partial charge in [0.05, 0.1) is 40.0 Å². The quantitative estimate of drug-likeness (QED) is 0.221. The molecule has 0 amide bonds. The Hall–Kier alpha value is -4.13. The third-order valence-corrected chi connectivity index (χ3v) is 7.54. The second kappa shape index (κ2) is 10.8. The zero-order valence-electron chi connectivity index (χ0n) is 22.0. The standard InChI is InChI=1S/C32H26Cl2N4O2/c1-3-7-20-10-12-21(13-11-20)28-27-29(22-14-16-23(17-15-22)32(39)40-2)37-19-24(33)18-26(34)30(37)35-31(27)38(36-28)25-8-5-4-6-9-25/h4-6,8-19,29H,3,7H2,1-2H3/t29-/m1/s1. The number of hydrogen-bond acceptors (Lipinski definition) is 5. The Labute approximate surface area is 242 Å². The number of methoxy groups -OCH3 is 1. The molecule has 0 aliphatic carbocycles. The van der Waals surface area contributed by atoms with Crippen LogP contribution in [0.25, 0.3) is 16.9 Å². The van der Waals surface area contributed by atoms with Crippen LogP contribution in [0, 0.1) is 0 Å². The van der Waals surface area contributed by atoms with Crippen LogP contribution < -0.4 is 0 Å². The molecule has 0 unspecified atom stereocenters. The number of fused-ring (bicyclic) bond motifs is 2. The summed E-state index contributed by atoms with van der Waals surface area (Å²) >= 11 is 13.3. The van der Waals surface area contributed by atoms with Gasteiger partial charge in [-0.15, -0.1) is 0 Å². The molecule has 0 bridgehead atoms. The van der Waals surface area contributed by atoms with Gasteiger partial charge in [0.15, 0.2) is 11.7 Å². The SMILES string of the molecule is CCCc1ccc(-c2nn(-c3ccccc3)c3c2[C@@H](c2ccc(C(=O)OC)cc2)N2C=C(Cl)C=C(Cl)C2=N3)cc1. The smallest absolute Gasteiger partial charge is 0.337 e. The number of esters is 1. The summed E-state index contributed by atoms with van der Waals surface area (Å²) in [6.07, 6.45) is 5.62. The number of amidine groups is 1. The number of aliphatic imine (C=N–C) groups is 1. The van der Waals surface area contributed by atoms with Gasteiger partial charge in [-0.1, -0.05) is 91.1 Å². The summed E-state index contributed by atoms with van der Waals surface area (Å²) in [5, 5.41) is 6.06. The van der Waals surface area contributed by atoms with Crippen LogP contribution in [0.5, 0.6) is 0 Å². The maximum absolute atomic E-state index is 12.2. The average molecular weight is 569 g/mol. The maximum Gasteiger partial charge on any atom is 0.337 e. The predicted molar refractivity (Wildman–Crippen MR) is 159 cm³/mol. The molecule has 0 radical (unpaired) electrons. The van der Waals surface area contributed by atoms with E-state index < -0.39 is 5.97 Å². The summed E-state index contributed by atoms with van der Waals surface area (Å²) in [4.78, 5) is 19.2. The van der Waals surface area contributed by atoms with Crippen molar-refractivity contribution in [3.63, 3.8) is 0 Å². The van der Waals surface area contributed by atoms with Gasteiger partial charge in [0.2, 0.25) is 0 Å². The topological polar surface area (TPSA) is 59.7 Å². The van der Waals surface area contributed by atoms with Crippen molar-refractivity contribution in [2.24, 2.45) is 4.99 Å². The zero-order chi connectivity index (χ0) is 27.8. The van der Waals surface area contributed by atoms with E-state index >= 15 is 0 Å². The highest BCUT2D eigenvalue weighted by Gasteiger charge is 2.39. The van der Waals surface area contributed by atoms with Gasteiger partial charge in [-0.25, -0.2) is 14.5 Å². The van der Waals surface area contributed by atoms with Gasteiger partial charge in [0.1, 0.15) is 5.69 Å². The van der Waals surface area contributed by atoms with Crippen molar-refractivity contribution in [2.75, 3.05) is 7.11 Å². The van der Waals surface area contributed by atoms with E-state index in [0.717, 1.165) is 40.9 Å². The van der Waals surface area contributed by atoms with Crippen LogP contribution in [0.15, 0.2) is 106 Å². The van der Waals surface area contributed by atoms with Gasteiger partial charge in [-0.05, 0) is 47.9 Å². The molecule has 200 valence electrons. The summed E-state index contributed by atoms with van der Waals surface area (Å²) < 4.78 is 6.78. The highest BCUT2D eigenvalue weighted by atomic mass is 35.5. The highest BCUT2D eigenvalue weighted by Crippen LogP contribution is 2.48. The lowest BCUT2D eigenvalue weighted by atomic mass is 9.91. The lowest BCUT2D eigenvalue weighted by Gasteiger charge is -2.37. The Bertz CT molecular complexity index is 1670. The van der Waals surface area contributed by atoms with Crippen molar-refractivity contribution in [2.45, 2.75) is 25.8 Å². The monoisotopic (exact) mass is 568 g/mol. The molecular weight excluding hydrogens is 543 g/mol. The van der Waals surface area contributed by atoms with E-state index in [4.69, 9.17) is 38.0 Å². The Morgan fingerprint density at radius 2 is 1.70 bits per heavy atom. The fourth-order valence-corrected chi connectivity index (χ4v) is 5.72. The van der Waals surface area contributed by atoms with Crippen LogP contribution in [0.1, 0.15) is 46.4 Å². The van der Waals surface area contributed by atoms with Crippen molar-refractivity contribution < 1.29 is 9.53 Å². The zero-order valence-corrected chi connectivity index (χ0v) is 23.5. The van der Waals surface area contributed by atoms with Gasteiger partial charge in [0.25, 0.3) is 0 Å². The molecule has 0 spiro atoms. The minimum Gasteiger partial charge on any atom is -0.465 e. The first-order valence-corrected chi connectivity index (χ1v) is 13.8. The Morgan fingerprint density at radius 3 is 2.38 bits per heavy atom. The van der Waals surface area contributed by atoms with E-state index in [-0.39, 0.29) is 6.04 Å². The molecule has 0 fully saturated rings. The predicted octanol–water partition coefficient (Wildman–Crippen LogP) is 7.93. The third kappa shape index (κ3) is 4.63. The summed E-state index contributed by atoms with van der Waals surface area (Å²) in [7, 11) is 1.37. The number of carbonyl (C=O) groups is 1. The molecular formula is C32H26Cl2N4O2. The van der Waals surface area contributed by atoms with Crippen molar-refractivity contribution in [3.05, 3.63) is 123 Å². The van der Waals surface area contributed by atoms with E-state index in [0.29, 0.717) is 27.3 Å². The molecule has 3 aromatic carbocycles. The van der Waals surface area contributed by atoms with Gasteiger partial charge in [-0.3, -0.25) is 0 Å². The Kier molecular flexibility index (Phi) is 7.05. The number of aryl methyl sites for hydroxylation is 1. The van der Waals surface area contributed by atoms with E-state index in [9.17, 15) is 4.79 Å². The number of rotatable bonds is 6. The number of nitrogens with zero attached hydrogens (tertiary/aromatic N) is 4. The third-order valence-electron chi connectivity index (χ3n) is 7.06. The molecule has 2 aliphatic heterocycles. The van der Waals surface area contributed by atoms with E-state index in [2.05, 4.69) is 31.2 Å². The molecule has 0 saturated carbocycles. The number of halogens is 2. The second-order valence-electron chi connectivity index (χ2n) is 9.65. The van der Waals surface area contributed by atoms with Crippen LogP contribution in [-0.4, -0.2) is 33.6 Å². The Balaban J connectivity index is 1.62. The number of para-hydroxylation sites is 1. The number of allylic oxidation sites excluding steroid dienone is 2. The van der Waals surface area contributed by atoms with Gasteiger partial charge in [0, 0.05) is 11.8 Å². The fourth-order valence-electron chi connectivity index (χ4n) is 5.20. The average Bonchev–Trinajstić information content (AvgIpc) is 3.36. The molecule has 6 nitrogen and oxygen atoms in total. The lowest BCUT2D eigenvalue weighted by molar-refractivity contribution is 0.0600. The van der Waals surface area contributed by atoms with E-state index in [1.807, 2.05) is 58.2 Å². The number of aromatic nitrogens is 2. The van der Waals surface area contributed by atoms with Crippen molar-refractivity contribution in [1.82, 2.24) is 14.7 Å². The van der Waals surface area contributed by atoms with Crippen molar-refractivity contribution in [3.8, 4) is 16.9 Å². The van der Waals surface area contributed by atoms with Crippen LogP contribution in [0.2, 0.25) is 0 Å². The summed E-state index contributed by atoms with van der Waals surface area (Å²) in [5.41, 5.74) is 6.25. The normalized spacial score (nSPS) is 15.9. The van der Waals surface area contributed by atoms with Crippen LogP contribution in [0.3, 0.4) is 0 Å². The fraction of sp³-hybridized carbons (Fsp3) is 0.156. The molecule has 4 aromatic rings. The molecule has 1 aromatic heterocycles. The first kappa shape index (κ1) is 26.1. The molecule has 2 aliphatic rings. The first-order valence-electron chi connectivity index (χ1n) is 13.1. The molecule has 3 heterocycles. The number of ether oxygens (including phenoxy) is 1. The summed E-state index contributed by atoms with van der Waals surface area (Å²) in [6.45, 7) is 2.17. The van der Waals surface area contributed by atoms with Crippen molar-refractivity contribution in [1.29, 1.82) is 0 Å². The van der Waals surface area contributed by atoms with E-state index in [1.54, 1.807) is 18.2 Å². The van der Waals surface area contributed by atoms with Crippen LogP contribution in [0.4, 0.5) is 5.82 Å². The van der Waals surface area contributed by atoms with Gasteiger partial charge < -0.3 is 9.64 Å². The minimum absolute atomic E-state index is 0.367. The number of carbonyl (C=O) groups excluding carboxylic acids is 1. The molecule has 1 atom stereocenters.